The fourth-order valence-electron chi connectivity index (χ4n) is 2.71. The highest BCUT2D eigenvalue weighted by atomic mass is 35.5. The predicted molar refractivity (Wildman–Crippen MR) is 98.4 cm³/mol. The molecule has 0 aromatic carbocycles. The first-order valence-electron chi connectivity index (χ1n) is 8.48. The number of carbonyl (C=O) groups is 1. The number of rotatable bonds is 8. The highest BCUT2D eigenvalue weighted by molar-refractivity contribution is 5.85. The van der Waals surface area contributed by atoms with Crippen molar-refractivity contribution in [3.8, 4) is 0 Å². The van der Waals surface area contributed by atoms with E-state index in [-0.39, 0.29) is 24.4 Å². The third-order valence-corrected chi connectivity index (χ3v) is 4.09. The van der Waals surface area contributed by atoms with Gasteiger partial charge in [0.1, 0.15) is 0 Å². The molecule has 1 unspecified atom stereocenters. The summed E-state index contributed by atoms with van der Waals surface area (Å²) in [6.07, 6.45) is 6.19. The van der Waals surface area contributed by atoms with Crippen LogP contribution >= 0.6 is 12.4 Å². The van der Waals surface area contributed by atoms with E-state index in [0.717, 1.165) is 57.9 Å². The van der Waals surface area contributed by atoms with Gasteiger partial charge in [0, 0.05) is 45.1 Å². The molecule has 1 aliphatic rings. The molecule has 24 heavy (non-hydrogen) atoms. The first kappa shape index (κ1) is 20.6. The average molecular weight is 357 g/mol. The highest BCUT2D eigenvalue weighted by Crippen LogP contribution is 2.09. The molecule has 0 bridgehead atoms. The Morgan fingerprint density at radius 3 is 2.58 bits per heavy atom. The topological polar surface area (TPSA) is 87.4 Å². The van der Waals surface area contributed by atoms with Crippen molar-refractivity contribution in [2.45, 2.75) is 32.2 Å². The summed E-state index contributed by atoms with van der Waals surface area (Å²) in [6.45, 7) is 7.61. The van der Waals surface area contributed by atoms with Gasteiger partial charge in [-0.05, 0) is 25.5 Å². The van der Waals surface area contributed by atoms with Crippen LogP contribution in [0.5, 0.6) is 0 Å². The molecule has 0 aliphatic carbocycles. The number of nitrogens with two attached hydrogens (primary N) is 1. The number of aromatic nitrogens is 2. The molecular weight excluding hydrogens is 328 g/mol. The van der Waals surface area contributed by atoms with Crippen molar-refractivity contribution < 1.29 is 4.79 Å². The van der Waals surface area contributed by atoms with Gasteiger partial charge in [0.05, 0.1) is 6.04 Å². The number of nitrogens with one attached hydrogen (secondary N) is 1. The van der Waals surface area contributed by atoms with E-state index >= 15 is 0 Å². The lowest BCUT2D eigenvalue weighted by molar-refractivity contribution is -0.122. The number of hydrogen-bond donors (Lipinski definition) is 2. The van der Waals surface area contributed by atoms with Gasteiger partial charge in [-0.25, -0.2) is 9.97 Å². The van der Waals surface area contributed by atoms with E-state index in [1.165, 1.54) is 0 Å². The molecule has 7 nitrogen and oxygen atoms in total. The van der Waals surface area contributed by atoms with Crippen LogP contribution < -0.4 is 16.0 Å². The summed E-state index contributed by atoms with van der Waals surface area (Å²) >= 11 is 0. The van der Waals surface area contributed by atoms with Crippen molar-refractivity contribution in [3.05, 3.63) is 18.5 Å². The first-order valence-corrected chi connectivity index (χ1v) is 8.48. The van der Waals surface area contributed by atoms with Gasteiger partial charge in [0.25, 0.3) is 0 Å². The molecule has 1 aromatic heterocycles. The number of carbonyl (C=O) groups excluding carboxylic acids is 1. The van der Waals surface area contributed by atoms with Gasteiger partial charge in [-0.15, -0.1) is 12.4 Å². The first-order chi connectivity index (χ1) is 11.2. The van der Waals surface area contributed by atoms with E-state index < -0.39 is 0 Å². The maximum Gasteiger partial charge on any atom is 0.236 e. The van der Waals surface area contributed by atoms with Crippen molar-refractivity contribution >= 4 is 24.3 Å². The molecule has 1 saturated heterocycles. The van der Waals surface area contributed by atoms with Crippen molar-refractivity contribution in [2.24, 2.45) is 5.73 Å². The van der Waals surface area contributed by atoms with E-state index in [2.05, 4.69) is 25.1 Å². The van der Waals surface area contributed by atoms with E-state index in [4.69, 9.17) is 5.73 Å². The zero-order chi connectivity index (χ0) is 16.5. The van der Waals surface area contributed by atoms with Gasteiger partial charge in [0.2, 0.25) is 11.9 Å². The molecular formula is C16H29ClN6O. The summed E-state index contributed by atoms with van der Waals surface area (Å²) in [6, 6.07) is 1.47. The summed E-state index contributed by atoms with van der Waals surface area (Å²) in [5, 5.41) is 2.92. The molecule has 1 aromatic rings. The van der Waals surface area contributed by atoms with E-state index in [1.807, 2.05) is 13.0 Å². The molecule has 0 radical (unpaired) electrons. The summed E-state index contributed by atoms with van der Waals surface area (Å²) in [4.78, 5) is 24.9. The predicted octanol–water partition coefficient (Wildman–Crippen LogP) is 0.654. The van der Waals surface area contributed by atoms with Crippen LogP contribution in [-0.4, -0.2) is 66.1 Å². The molecule has 1 atom stereocenters. The van der Waals surface area contributed by atoms with Crippen LogP contribution in [0.4, 0.5) is 5.95 Å². The third-order valence-electron chi connectivity index (χ3n) is 4.09. The van der Waals surface area contributed by atoms with Crippen LogP contribution in [0.1, 0.15) is 26.2 Å². The molecule has 2 heterocycles. The van der Waals surface area contributed by atoms with Crippen LogP contribution in [0.25, 0.3) is 0 Å². The number of piperazine rings is 1. The fraction of sp³-hybridized carbons (Fsp3) is 0.688. The average Bonchev–Trinajstić information content (AvgIpc) is 2.60. The van der Waals surface area contributed by atoms with Gasteiger partial charge in [-0.1, -0.05) is 13.3 Å². The van der Waals surface area contributed by atoms with Crippen LogP contribution in [0.15, 0.2) is 18.5 Å². The maximum absolute atomic E-state index is 11.7. The van der Waals surface area contributed by atoms with Crippen molar-refractivity contribution in [1.82, 2.24) is 20.2 Å². The Labute approximate surface area is 150 Å². The highest BCUT2D eigenvalue weighted by Gasteiger charge is 2.18. The molecule has 1 aliphatic heterocycles. The SMILES string of the molecule is CCCC(N)C(=O)NCCCN1CCN(c2ncccn2)CC1.Cl. The zero-order valence-electron chi connectivity index (χ0n) is 14.4. The summed E-state index contributed by atoms with van der Waals surface area (Å²) in [5.74, 6) is 0.780. The van der Waals surface area contributed by atoms with Crippen molar-refractivity contribution in [1.29, 1.82) is 0 Å². The zero-order valence-corrected chi connectivity index (χ0v) is 15.2. The Morgan fingerprint density at radius 2 is 1.96 bits per heavy atom. The Morgan fingerprint density at radius 1 is 1.29 bits per heavy atom. The van der Waals surface area contributed by atoms with Gasteiger partial charge < -0.3 is 16.0 Å². The lowest BCUT2D eigenvalue weighted by Crippen LogP contribution is -2.47. The third kappa shape index (κ3) is 6.59. The lowest BCUT2D eigenvalue weighted by atomic mass is 10.1. The van der Waals surface area contributed by atoms with Crippen LogP contribution in [0.2, 0.25) is 0 Å². The fourth-order valence-corrected chi connectivity index (χ4v) is 2.71. The van der Waals surface area contributed by atoms with E-state index in [9.17, 15) is 4.79 Å². The number of nitrogens with zero attached hydrogens (tertiary/aromatic N) is 4. The molecule has 1 fully saturated rings. The number of halogens is 1. The summed E-state index contributed by atoms with van der Waals surface area (Å²) in [7, 11) is 0. The normalized spacial score (nSPS) is 16.3. The monoisotopic (exact) mass is 356 g/mol. The standard InChI is InChI=1S/C16H28N6O.ClH/c1-2-5-14(17)15(23)18-8-4-9-21-10-12-22(13-11-21)16-19-6-3-7-20-16;/h3,6-7,14H,2,4-5,8-13,17H2,1H3,(H,18,23);1H. The second-order valence-corrected chi connectivity index (χ2v) is 5.92. The lowest BCUT2D eigenvalue weighted by Gasteiger charge is -2.34. The van der Waals surface area contributed by atoms with Gasteiger partial charge in [-0.3, -0.25) is 9.69 Å². The number of amides is 1. The van der Waals surface area contributed by atoms with Gasteiger partial charge >= 0.3 is 0 Å². The Balaban J connectivity index is 0.00000288. The van der Waals surface area contributed by atoms with Crippen LogP contribution in [-0.2, 0) is 4.79 Å². The minimum Gasteiger partial charge on any atom is -0.355 e. The molecule has 3 N–H and O–H groups in total. The Hall–Kier alpha value is -1.44. The molecule has 2 rings (SSSR count). The molecule has 8 heteroatoms. The minimum absolute atomic E-state index is 0. The van der Waals surface area contributed by atoms with Gasteiger partial charge in [0.15, 0.2) is 0 Å². The molecule has 0 spiro atoms. The maximum atomic E-state index is 11.7. The van der Waals surface area contributed by atoms with Crippen LogP contribution in [0, 0.1) is 0 Å². The summed E-state index contributed by atoms with van der Waals surface area (Å²) < 4.78 is 0. The second kappa shape index (κ2) is 11.2. The number of hydrogen-bond acceptors (Lipinski definition) is 6. The number of anilines is 1. The quantitative estimate of drug-likeness (QED) is 0.665. The molecule has 1 amide bonds. The molecule has 136 valence electrons. The smallest absolute Gasteiger partial charge is 0.236 e. The van der Waals surface area contributed by atoms with E-state index in [0.29, 0.717) is 6.54 Å². The molecule has 0 saturated carbocycles. The Kier molecular flexibility index (Phi) is 9.59. The minimum atomic E-state index is -0.366. The van der Waals surface area contributed by atoms with Crippen LogP contribution in [0.3, 0.4) is 0 Å². The summed E-state index contributed by atoms with van der Waals surface area (Å²) in [5.41, 5.74) is 5.78. The van der Waals surface area contributed by atoms with Crippen molar-refractivity contribution in [3.63, 3.8) is 0 Å². The van der Waals surface area contributed by atoms with E-state index in [1.54, 1.807) is 12.4 Å². The van der Waals surface area contributed by atoms with Gasteiger partial charge in [-0.2, -0.15) is 0 Å². The Bertz CT molecular complexity index is 467. The second-order valence-electron chi connectivity index (χ2n) is 5.92. The van der Waals surface area contributed by atoms with Crippen molar-refractivity contribution in [2.75, 3.05) is 44.2 Å². The largest absolute Gasteiger partial charge is 0.355 e.